The predicted octanol–water partition coefficient (Wildman–Crippen LogP) is 16.5. The van der Waals surface area contributed by atoms with Crippen LogP contribution in [0.5, 0.6) is 0 Å². The van der Waals surface area contributed by atoms with Gasteiger partial charge in [-0.2, -0.15) is 0 Å². The predicted molar refractivity (Wildman–Crippen MR) is 253 cm³/mol. The number of nitrogens with zero attached hydrogens (tertiary/aromatic N) is 1. The van der Waals surface area contributed by atoms with Crippen molar-refractivity contribution in [2.24, 2.45) is 0 Å². The van der Waals surface area contributed by atoms with Crippen LogP contribution in [0.25, 0.3) is 88.3 Å². The van der Waals surface area contributed by atoms with Crippen molar-refractivity contribution in [3.05, 3.63) is 237 Å². The summed E-state index contributed by atoms with van der Waals surface area (Å²) in [6, 6.07) is 84.9. The van der Waals surface area contributed by atoms with Crippen molar-refractivity contribution in [2.45, 2.75) is 0 Å². The van der Waals surface area contributed by atoms with Crippen LogP contribution in [-0.4, -0.2) is 0 Å². The number of anilines is 3. The van der Waals surface area contributed by atoms with Gasteiger partial charge in [0.15, 0.2) is 0 Å². The smallest absolute Gasteiger partial charge is 0.135 e. The number of benzene rings is 10. The third-order valence-corrected chi connectivity index (χ3v) is 11.7. The molecule has 10 aromatic carbocycles. The van der Waals surface area contributed by atoms with E-state index in [2.05, 4.69) is 223 Å². The number of hydrogen-bond acceptors (Lipinski definition) is 2. The summed E-state index contributed by atoms with van der Waals surface area (Å²) in [5.74, 6) is 0.872. The molecule has 60 heavy (non-hydrogen) atoms. The van der Waals surface area contributed by atoms with Crippen molar-refractivity contribution >= 4 is 49.6 Å². The lowest BCUT2D eigenvalue weighted by molar-refractivity contribution is 0.631. The zero-order valence-electron chi connectivity index (χ0n) is 32.9. The summed E-state index contributed by atoms with van der Waals surface area (Å²) in [5.41, 5.74) is 14.7. The summed E-state index contributed by atoms with van der Waals surface area (Å²) in [4.78, 5) is 2.35. The normalized spacial score (nSPS) is 11.3. The summed E-state index contributed by atoms with van der Waals surface area (Å²) < 4.78 is 6.22. The second-order valence-corrected chi connectivity index (χ2v) is 15.4. The van der Waals surface area contributed by atoms with Crippen LogP contribution >= 0.6 is 0 Å². The Bertz CT molecular complexity index is 3260. The maximum Gasteiger partial charge on any atom is 0.135 e. The van der Waals surface area contributed by atoms with Crippen LogP contribution in [-0.2, 0) is 0 Å². The molecular formula is C58H39NO. The van der Waals surface area contributed by atoms with E-state index in [1.54, 1.807) is 0 Å². The van der Waals surface area contributed by atoms with Crippen molar-refractivity contribution in [2.75, 3.05) is 4.90 Å². The molecule has 11 rings (SSSR count). The Labute approximate surface area is 349 Å². The summed E-state index contributed by atoms with van der Waals surface area (Å²) in [7, 11) is 0. The molecule has 2 nitrogen and oxygen atoms in total. The lowest BCUT2D eigenvalue weighted by Crippen LogP contribution is -2.10. The molecule has 0 N–H and O–H groups in total. The van der Waals surface area contributed by atoms with Gasteiger partial charge in [-0.15, -0.1) is 0 Å². The number of fused-ring (bicyclic) bond motifs is 3. The van der Waals surface area contributed by atoms with Gasteiger partial charge in [0.2, 0.25) is 0 Å². The van der Waals surface area contributed by atoms with Crippen LogP contribution < -0.4 is 4.90 Å². The highest BCUT2D eigenvalue weighted by atomic mass is 16.3. The van der Waals surface area contributed by atoms with Crippen molar-refractivity contribution in [3.8, 4) is 55.8 Å². The van der Waals surface area contributed by atoms with Crippen molar-refractivity contribution in [3.63, 3.8) is 0 Å². The fraction of sp³-hybridized carbons (Fsp3) is 0. The topological polar surface area (TPSA) is 16.4 Å². The Morgan fingerprint density at radius 3 is 1.53 bits per heavy atom. The average molecular weight is 766 g/mol. The largest absolute Gasteiger partial charge is 0.456 e. The standard InChI is InChI=1S/C58H39NO/c1-2-12-46-36-49(27-24-40(46)10-1)48-16-8-18-54(38-48)59(53-34-30-43(31-35-53)47-15-7-17-50(37-47)58-39-51-13-4-6-21-57(51)60-58)52-32-28-42(29-33-52)41-22-25-45(26-23-41)56-20-9-14-44-11-3-5-19-55(44)56/h1-39H. The van der Waals surface area contributed by atoms with Crippen LogP contribution in [0.15, 0.2) is 241 Å². The monoisotopic (exact) mass is 765 g/mol. The Hall–Kier alpha value is -7.94. The Morgan fingerprint density at radius 1 is 0.267 bits per heavy atom. The van der Waals surface area contributed by atoms with Gasteiger partial charge in [0, 0.05) is 28.0 Å². The minimum atomic E-state index is 0.872. The van der Waals surface area contributed by atoms with Gasteiger partial charge in [-0.05, 0) is 127 Å². The molecule has 0 bridgehead atoms. The summed E-state index contributed by atoms with van der Waals surface area (Å²) in [5, 5.41) is 6.11. The SMILES string of the molecule is c1cc(-c2ccc(N(c3ccc(-c4ccc(-c5cccc6ccccc56)cc4)cc3)c3cccc(-c4ccc5ccccc5c4)c3)cc2)cc(-c2cc3ccccc3o2)c1. The van der Waals surface area contributed by atoms with E-state index in [0.29, 0.717) is 0 Å². The Balaban J connectivity index is 0.941. The van der Waals surface area contributed by atoms with E-state index in [9.17, 15) is 0 Å². The maximum absolute atomic E-state index is 6.22. The molecule has 2 heteroatoms. The van der Waals surface area contributed by atoms with Crippen molar-refractivity contribution < 1.29 is 4.42 Å². The van der Waals surface area contributed by atoms with E-state index in [0.717, 1.165) is 50.5 Å². The lowest BCUT2D eigenvalue weighted by atomic mass is 9.96. The summed E-state index contributed by atoms with van der Waals surface area (Å²) >= 11 is 0. The second-order valence-electron chi connectivity index (χ2n) is 15.4. The molecule has 0 spiro atoms. The molecule has 0 aliphatic carbocycles. The van der Waals surface area contributed by atoms with E-state index in [1.807, 2.05) is 18.2 Å². The van der Waals surface area contributed by atoms with Gasteiger partial charge in [0.25, 0.3) is 0 Å². The summed E-state index contributed by atoms with van der Waals surface area (Å²) in [6.07, 6.45) is 0. The summed E-state index contributed by atoms with van der Waals surface area (Å²) in [6.45, 7) is 0. The molecule has 0 aliphatic heterocycles. The van der Waals surface area contributed by atoms with Gasteiger partial charge in [-0.25, -0.2) is 0 Å². The molecule has 1 aromatic heterocycles. The Kier molecular flexibility index (Phi) is 8.87. The first-order valence-corrected chi connectivity index (χ1v) is 20.5. The molecule has 0 saturated carbocycles. The van der Waals surface area contributed by atoms with Gasteiger partial charge in [-0.1, -0.05) is 176 Å². The van der Waals surface area contributed by atoms with Crippen molar-refractivity contribution in [1.82, 2.24) is 0 Å². The number of para-hydroxylation sites is 1. The fourth-order valence-electron chi connectivity index (χ4n) is 8.54. The maximum atomic E-state index is 6.22. The second kappa shape index (κ2) is 15.1. The van der Waals surface area contributed by atoms with Crippen LogP contribution in [0.4, 0.5) is 17.1 Å². The molecule has 0 radical (unpaired) electrons. The van der Waals surface area contributed by atoms with Gasteiger partial charge in [0.1, 0.15) is 11.3 Å². The van der Waals surface area contributed by atoms with E-state index < -0.39 is 0 Å². The first-order chi connectivity index (χ1) is 29.7. The quantitative estimate of drug-likeness (QED) is 0.153. The lowest BCUT2D eigenvalue weighted by Gasteiger charge is -2.26. The third-order valence-electron chi connectivity index (χ3n) is 11.7. The minimum absolute atomic E-state index is 0.872. The van der Waals surface area contributed by atoms with Gasteiger partial charge in [-0.3, -0.25) is 0 Å². The van der Waals surface area contributed by atoms with Gasteiger partial charge >= 0.3 is 0 Å². The molecule has 0 atom stereocenters. The van der Waals surface area contributed by atoms with E-state index in [-0.39, 0.29) is 0 Å². The Morgan fingerprint density at radius 2 is 0.783 bits per heavy atom. The highest BCUT2D eigenvalue weighted by Crippen LogP contribution is 2.40. The molecule has 282 valence electrons. The molecule has 0 saturated heterocycles. The van der Waals surface area contributed by atoms with E-state index >= 15 is 0 Å². The highest BCUT2D eigenvalue weighted by molar-refractivity contribution is 5.97. The number of hydrogen-bond donors (Lipinski definition) is 0. The van der Waals surface area contributed by atoms with Crippen LogP contribution in [0, 0.1) is 0 Å². The van der Waals surface area contributed by atoms with Crippen molar-refractivity contribution in [1.29, 1.82) is 0 Å². The molecule has 0 amide bonds. The van der Waals surface area contributed by atoms with E-state index in [1.165, 1.54) is 54.9 Å². The molecule has 0 fully saturated rings. The minimum Gasteiger partial charge on any atom is -0.456 e. The number of rotatable bonds is 8. The zero-order valence-corrected chi connectivity index (χ0v) is 32.9. The van der Waals surface area contributed by atoms with Gasteiger partial charge < -0.3 is 9.32 Å². The number of furan rings is 1. The average Bonchev–Trinajstić information content (AvgIpc) is 3.77. The molecule has 0 unspecified atom stereocenters. The molecule has 1 heterocycles. The van der Waals surface area contributed by atoms with Gasteiger partial charge in [0.05, 0.1) is 0 Å². The first kappa shape index (κ1) is 35.2. The first-order valence-electron chi connectivity index (χ1n) is 20.5. The fourth-order valence-corrected chi connectivity index (χ4v) is 8.54. The van der Waals surface area contributed by atoms with Crippen LogP contribution in [0.1, 0.15) is 0 Å². The highest BCUT2D eigenvalue weighted by Gasteiger charge is 2.16. The van der Waals surface area contributed by atoms with E-state index in [4.69, 9.17) is 4.42 Å². The third kappa shape index (κ3) is 6.70. The molecule has 0 aliphatic rings. The van der Waals surface area contributed by atoms with Crippen LogP contribution in [0.2, 0.25) is 0 Å². The molecular weight excluding hydrogens is 727 g/mol. The zero-order chi connectivity index (χ0) is 39.8. The molecule has 11 aromatic rings. The van der Waals surface area contributed by atoms with Crippen LogP contribution in [0.3, 0.4) is 0 Å².